The van der Waals surface area contributed by atoms with Crippen molar-refractivity contribution in [3.63, 3.8) is 0 Å². The Hall–Kier alpha value is -2.30. The Labute approximate surface area is 117 Å². The highest BCUT2D eigenvalue weighted by atomic mass is 16.4. The van der Waals surface area contributed by atoms with E-state index in [0.717, 1.165) is 18.4 Å². The molecule has 1 aromatic rings. The molecule has 0 radical (unpaired) electrons. The third-order valence-corrected chi connectivity index (χ3v) is 3.38. The smallest absolute Gasteiger partial charge is 0.305 e. The van der Waals surface area contributed by atoms with Crippen LogP contribution < -0.4 is 0 Å². The standard InChI is InChI=1S/C15H17NO4/c17-13-6-3-11(4-7-13)5-8-14(18)16-9-1-2-12(16)10-15(19)20/h3-8,12,17H,1-2,9-10H2,(H,19,20). The lowest BCUT2D eigenvalue weighted by Crippen LogP contribution is -2.35. The van der Waals surface area contributed by atoms with Crippen LogP contribution in [0.25, 0.3) is 6.08 Å². The zero-order chi connectivity index (χ0) is 14.5. The molecule has 106 valence electrons. The third kappa shape index (κ3) is 3.60. The van der Waals surface area contributed by atoms with Gasteiger partial charge >= 0.3 is 5.97 Å². The van der Waals surface area contributed by atoms with E-state index in [0.29, 0.717) is 6.54 Å². The molecule has 0 aromatic heterocycles. The van der Waals surface area contributed by atoms with Crippen molar-refractivity contribution in [3.05, 3.63) is 35.9 Å². The first-order chi connectivity index (χ1) is 9.56. The first-order valence-corrected chi connectivity index (χ1v) is 6.56. The van der Waals surface area contributed by atoms with Crippen LogP contribution in [0.2, 0.25) is 0 Å². The van der Waals surface area contributed by atoms with Crippen LogP contribution in [-0.2, 0) is 9.59 Å². The monoisotopic (exact) mass is 275 g/mol. The molecule has 1 aliphatic rings. The summed E-state index contributed by atoms with van der Waals surface area (Å²) in [5.41, 5.74) is 0.810. The third-order valence-electron chi connectivity index (χ3n) is 3.38. The summed E-state index contributed by atoms with van der Waals surface area (Å²) in [6.45, 7) is 0.608. The fourth-order valence-corrected chi connectivity index (χ4v) is 2.39. The molecule has 20 heavy (non-hydrogen) atoms. The van der Waals surface area contributed by atoms with Gasteiger partial charge < -0.3 is 15.1 Å². The molecule has 1 aromatic carbocycles. The number of phenols is 1. The molecular weight excluding hydrogens is 258 g/mol. The topological polar surface area (TPSA) is 77.8 Å². The molecular formula is C15H17NO4. The number of carbonyl (C=O) groups excluding carboxylic acids is 1. The minimum atomic E-state index is -0.878. The second-order valence-corrected chi connectivity index (χ2v) is 4.85. The summed E-state index contributed by atoms with van der Waals surface area (Å²) in [6, 6.07) is 6.31. The van der Waals surface area contributed by atoms with E-state index in [1.54, 1.807) is 35.2 Å². The molecule has 1 amide bonds. The highest BCUT2D eigenvalue weighted by Gasteiger charge is 2.28. The quantitative estimate of drug-likeness (QED) is 0.822. The first-order valence-electron chi connectivity index (χ1n) is 6.56. The summed E-state index contributed by atoms with van der Waals surface area (Å²) in [6.07, 6.45) is 4.70. The molecule has 1 heterocycles. The highest BCUT2D eigenvalue weighted by Crippen LogP contribution is 2.21. The van der Waals surface area contributed by atoms with Crippen LogP contribution >= 0.6 is 0 Å². The fraction of sp³-hybridized carbons (Fsp3) is 0.333. The van der Waals surface area contributed by atoms with Gasteiger partial charge in [-0.1, -0.05) is 12.1 Å². The average molecular weight is 275 g/mol. The number of hydrogen-bond acceptors (Lipinski definition) is 3. The molecule has 1 unspecified atom stereocenters. The lowest BCUT2D eigenvalue weighted by molar-refractivity contribution is -0.139. The van der Waals surface area contributed by atoms with Crippen LogP contribution in [0.5, 0.6) is 5.75 Å². The molecule has 1 atom stereocenters. The second-order valence-electron chi connectivity index (χ2n) is 4.85. The number of likely N-dealkylation sites (tertiary alicyclic amines) is 1. The van der Waals surface area contributed by atoms with Gasteiger partial charge in [0.2, 0.25) is 5.91 Å². The van der Waals surface area contributed by atoms with Gasteiger partial charge in [0.25, 0.3) is 0 Å². The van der Waals surface area contributed by atoms with Crippen molar-refractivity contribution < 1.29 is 19.8 Å². The Balaban J connectivity index is 2.00. The van der Waals surface area contributed by atoms with E-state index in [-0.39, 0.29) is 24.1 Å². The predicted octanol–water partition coefficient (Wildman–Crippen LogP) is 1.87. The molecule has 5 heteroatoms. The van der Waals surface area contributed by atoms with Crippen LogP contribution in [-0.4, -0.2) is 39.6 Å². The minimum Gasteiger partial charge on any atom is -0.508 e. The Bertz CT molecular complexity index is 521. The number of benzene rings is 1. The molecule has 1 fully saturated rings. The zero-order valence-electron chi connectivity index (χ0n) is 11.0. The van der Waals surface area contributed by atoms with E-state index in [2.05, 4.69) is 0 Å². The molecule has 2 rings (SSSR count). The van der Waals surface area contributed by atoms with Crippen molar-refractivity contribution in [2.24, 2.45) is 0 Å². The van der Waals surface area contributed by atoms with Crippen LogP contribution in [0.3, 0.4) is 0 Å². The summed E-state index contributed by atoms with van der Waals surface area (Å²) < 4.78 is 0. The second kappa shape index (κ2) is 6.23. The highest BCUT2D eigenvalue weighted by molar-refractivity contribution is 5.92. The van der Waals surface area contributed by atoms with Gasteiger partial charge in [-0.2, -0.15) is 0 Å². The number of carboxylic acid groups (broad SMARTS) is 1. The van der Waals surface area contributed by atoms with Crippen molar-refractivity contribution in [2.75, 3.05) is 6.54 Å². The number of rotatable bonds is 4. The summed E-state index contributed by atoms with van der Waals surface area (Å²) in [7, 11) is 0. The summed E-state index contributed by atoms with van der Waals surface area (Å²) in [4.78, 5) is 24.4. The van der Waals surface area contributed by atoms with E-state index < -0.39 is 5.97 Å². The SMILES string of the molecule is O=C(O)CC1CCCN1C(=O)C=Cc1ccc(O)cc1. The lowest BCUT2D eigenvalue weighted by Gasteiger charge is -2.21. The minimum absolute atomic E-state index is 0.00120. The molecule has 0 spiro atoms. The van der Waals surface area contributed by atoms with Gasteiger partial charge in [-0.3, -0.25) is 9.59 Å². The molecule has 0 aliphatic carbocycles. The summed E-state index contributed by atoms with van der Waals surface area (Å²) >= 11 is 0. The van der Waals surface area contributed by atoms with E-state index in [1.165, 1.54) is 6.08 Å². The van der Waals surface area contributed by atoms with Gasteiger partial charge in [0.1, 0.15) is 5.75 Å². The predicted molar refractivity (Wildman–Crippen MR) is 74.1 cm³/mol. The van der Waals surface area contributed by atoms with Gasteiger partial charge in [-0.05, 0) is 36.6 Å². The largest absolute Gasteiger partial charge is 0.508 e. The molecule has 0 saturated carbocycles. The Kier molecular flexibility index (Phi) is 4.40. The molecule has 2 N–H and O–H groups in total. The number of amides is 1. The van der Waals surface area contributed by atoms with Crippen LogP contribution in [0.4, 0.5) is 0 Å². The Morgan fingerprint density at radius 3 is 2.65 bits per heavy atom. The van der Waals surface area contributed by atoms with Gasteiger partial charge in [-0.15, -0.1) is 0 Å². The van der Waals surface area contributed by atoms with Gasteiger partial charge in [0, 0.05) is 18.7 Å². The number of hydrogen-bond donors (Lipinski definition) is 2. The van der Waals surface area contributed by atoms with Crippen LogP contribution in [0.15, 0.2) is 30.3 Å². The normalized spacial score (nSPS) is 18.6. The van der Waals surface area contributed by atoms with Crippen LogP contribution in [0, 0.1) is 0 Å². The fourth-order valence-electron chi connectivity index (χ4n) is 2.39. The van der Waals surface area contributed by atoms with Crippen molar-refractivity contribution in [2.45, 2.75) is 25.3 Å². The van der Waals surface area contributed by atoms with Crippen molar-refractivity contribution in [3.8, 4) is 5.75 Å². The Morgan fingerprint density at radius 1 is 1.30 bits per heavy atom. The maximum Gasteiger partial charge on any atom is 0.305 e. The van der Waals surface area contributed by atoms with E-state index in [1.807, 2.05) is 0 Å². The number of carbonyl (C=O) groups is 2. The number of nitrogens with zero attached hydrogens (tertiary/aromatic N) is 1. The van der Waals surface area contributed by atoms with Crippen molar-refractivity contribution >= 4 is 18.0 Å². The summed E-state index contributed by atoms with van der Waals surface area (Å²) in [5, 5.41) is 18.0. The molecule has 5 nitrogen and oxygen atoms in total. The maximum absolute atomic E-state index is 12.1. The van der Waals surface area contributed by atoms with Gasteiger partial charge in [0.15, 0.2) is 0 Å². The zero-order valence-corrected chi connectivity index (χ0v) is 11.0. The van der Waals surface area contributed by atoms with E-state index >= 15 is 0 Å². The number of aromatic hydroxyl groups is 1. The molecule has 0 bridgehead atoms. The summed E-state index contributed by atoms with van der Waals surface area (Å²) in [5.74, 6) is -0.867. The molecule has 1 saturated heterocycles. The van der Waals surface area contributed by atoms with Crippen molar-refractivity contribution in [1.29, 1.82) is 0 Å². The average Bonchev–Trinajstić information content (AvgIpc) is 2.85. The van der Waals surface area contributed by atoms with E-state index in [4.69, 9.17) is 5.11 Å². The number of carboxylic acids is 1. The Morgan fingerprint density at radius 2 is 2.00 bits per heavy atom. The van der Waals surface area contributed by atoms with Crippen molar-refractivity contribution in [1.82, 2.24) is 4.90 Å². The first kappa shape index (κ1) is 14.1. The van der Waals surface area contributed by atoms with Gasteiger partial charge in [-0.25, -0.2) is 0 Å². The number of aliphatic carboxylic acids is 1. The van der Waals surface area contributed by atoms with Crippen LogP contribution in [0.1, 0.15) is 24.8 Å². The number of phenolic OH excluding ortho intramolecular Hbond substituents is 1. The van der Waals surface area contributed by atoms with E-state index in [9.17, 15) is 14.7 Å². The lowest BCUT2D eigenvalue weighted by atomic mass is 10.1. The molecule has 1 aliphatic heterocycles. The van der Waals surface area contributed by atoms with Gasteiger partial charge in [0.05, 0.1) is 6.42 Å². The maximum atomic E-state index is 12.1.